The van der Waals surface area contributed by atoms with Crippen LogP contribution in [0.25, 0.3) is 0 Å². The summed E-state index contributed by atoms with van der Waals surface area (Å²) in [6.07, 6.45) is 0.552. The van der Waals surface area contributed by atoms with Gasteiger partial charge in [0.2, 0.25) is 0 Å². The molecule has 0 radical (unpaired) electrons. The van der Waals surface area contributed by atoms with Gasteiger partial charge >= 0.3 is 0 Å². The van der Waals surface area contributed by atoms with Crippen molar-refractivity contribution in [3.63, 3.8) is 0 Å². The SMILES string of the molecule is CC(C)(C)c1ccc(Oc2ccc(C3=NN(C(N)=S)C(c4ccc(O)c(O)c4)C3)cc2)cc1. The number of thiocarbonyl (C=S) groups is 1. The molecule has 6 nitrogen and oxygen atoms in total. The van der Waals surface area contributed by atoms with Crippen LogP contribution in [0.2, 0.25) is 0 Å². The molecular weight excluding hydrogens is 434 g/mol. The molecule has 0 spiro atoms. The largest absolute Gasteiger partial charge is 0.504 e. The second-order valence-corrected chi connectivity index (χ2v) is 9.52. The Hall–Kier alpha value is -3.58. The van der Waals surface area contributed by atoms with Crippen molar-refractivity contribution in [1.29, 1.82) is 0 Å². The molecule has 1 aliphatic rings. The van der Waals surface area contributed by atoms with E-state index in [0.717, 1.165) is 28.3 Å². The molecule has 4 N–H and O–H groups in total. The molecular formula is C26H27N3O3S. The molecule has 0 fully saturated rings. The van der Waals surface area contributed by atoms with Crippen LogP contribution in [0.5, 0.6) is 23.0 Å². The first kappa shape index (κ1) is 22.6. The van der Waals surface area contributed by atoms with Gasteiger partial charge in [-0.1, -0.05) is 39.0 Å². The molecule has 0 aromatic heterocycles. The molecule has 0 bridgehead atoms. The summed E-state index contributed by atoms with van der Waals surface area (Å²) < 4.78 is 6.00. The third-order valence-electron chi connectivity index (χ3n) is 5.66. The minimum absolute atomic E-state index is 0.0959. The summed E-state index contributed by atoms with van der Waals surface area (Å²) in [5, 5.41) is 25.8. The normalized spacial score (nSPS) is 15.9. The highest BCUT2D eigenvalue weighted by Crippen LogP contribution is 2.36. The summed E-state index contributed by atoms with van der Waals surface area (Å²) in [6, 6.07) is 20.3. The average Bonchev–Trinajstić information content (AvgIpc) is 3.22. The lowest BCUT2D eigenvalue weighted by atomic mass is 9.87. The van der Waals surface area contributed by atoms with Crippen LogP contribution in [0.15, 0.2) is 71.8 Å². The van der Waals surface area contributed by atoms with Crippen LogP contribution in [0.1, 0.15) is 49.9 Å². The Morgan fingerprint density at radius 2 is 1.58 bits per heavy atom. The van der Waals surface area contributed by atoms with Gasteiger partial charge in [0.15, 0.2) is 16.6 Å². The van der Waals surface area contributed by atoms with E-state index >= 15 is 0 Å². The fourth-order valence-corrected chi connectivity index (χ4v) is 3.94. The topological polar surface area (TPSA) is 91.3 Å². The number of hydrogen-bond acceptors (Lipinski definition) is 5. The van der Waals surface area contributed by atoms with Crippen LogP contribution in [-0.4, -0.2) is 26.0 Å². The molecule has 3 aromatic rings. The van der Waals surface area contributed by atoms with Gasteiger partial charge in [-0.3, -0.25) is 0 Å². The van der Waals surface area contributed by atoms with Gasteiger partial charge in [0.1, 0.15) is 11.5 Å². The molecule has 0 aliphatic carbocycles. The van der Waals surface area contributed by atoms with Crippen molar-refractivity contribution in [3.8, 4) is 23.0 Å². The monoisotopic (exact) mass is 461 g/mol. The zero-order valence-electron chi connectivity index (χ0n) is 18.8. The molecule has 33 heavy (non-hydrogen) atoms. The lowest BCUT2D eigenvalue weighted by Crippen LogP contribution is -2.31. The number of hydrogen-bond donors (Lipinski definition) is 3. The summed E-state index contributed by atoms with van der Waals surface area (Å²) >= 11 is 5.18. The fourth-order valence-electron chi connectivity index (χ4n) is 3.77. The zero-order valence-corrected chi connectivity index (χ0v) is 19.6. The molecule has 1 heterocycles. The third kappa shape index (κ3) is 4.93. The predicted molar refractivity (Wildman–Crippen MR) is 134 cm³/mol. The highest BCUT2D eigenvalue weighted by Gasteiger charge is 2.31. The zero-order chi connectivity index (χ0) is 23.8. The fraction of sp³-hybridized carbons (Fsp3) is 0.231. The van der Waals surface area contributed by atoms with Gasteiger partial charge in [0, 0.05) is 6.42 Å². The lowest BCUT2D eigenvalue weighted by Gasteiger charge is -2.22. The maximum Gasteiger partial charge on any atom is 0.187 e. The maximum atomic E-state index is 9.89. The van der Waals surface area contributed by atoms with E-state index in [1.54, 1.807) is 11.1 Å². The number of benzene rings is 3. The van der Waals surface area contributed by atoms with Crippen molar-refractivity contribution < 1.29 is 14.9 Å². The van der Waals surface area contributed by atoms with Crippen LogP contribution in [0.3, 0.4) is 0 Å². The molecule has 0 saturated carbocycles. The Kier molecular flexibility index (Phi) is 5.99. The van der Waals surface area contributed by atoms with Gasteiger partial charge in [0.25, 0.3) is 0 Å². The van der Waals surface area contributed by atoms with E-state index in [0.29, 0.717) is 6.42 Å². The first-order valence-electron chi connectivity index (χ1n) is 10.7. The smallest absolute Gasteiger partial charge is 0.187 e. The van der Waals surface area contributed by atoms with Gasteiger partial charge < -0.3 is 20.7 Å². The van der Waals surface area contributed by atoms with E-state index in [1.165, 1.54) is 17.7 Å². The van der Waals surface area contributed by atoms with Crippen LogP contribution in [0.4, 0.5) is 0 Å². The summed E-state index contributed by atoms with van der Waals surface area (Å²) in [5.41, 5.74) is 9.76. The van der Waals surface area contributed by atoms with Crippen LogP contribution in [0, 0.1) is 0 Å². The number of nitrogens with zero attached hydrogens (tertiary/aromatic N) is 2. The standard InChI is InChI=1S/C26H27N3O3S/c1-26(2,3)18-7-11-20(12-8-18)32-19-9-4-16(5-10-19)21-15-22(29(28-21)25(27)33)17-6-13-23(30)24(31)14-17/h4-14,22,30-31H,15H2,1-3H3,(H2,27,33). The predicted octanol–water partition coefficient (Wildman–Crippen LogP) is 5.58. The van der Waals surface area contributed by atoms with Crippen molar-refractivity contribution in [3.05, 3.63) is 83.4 Å². The molecule has 1 atom stereocenters. The second kappa shape index (κ2) is 8.75. The number of hydrazone groups is 1. The molecule has 7 heteroatoms. The first-order valence-corrected chi connectivity index (χ1v) is 11.1. The molecule has 1 unspecified atom stereocenters. The van der Waals surface area contributed by atoms with Gasteiger partial charge in [-0.05, 0) is 82.9 Å². The van der Waals surface area contributed by atoms with E-state index in [9.17, 15) is 10.2 Å². The maximum absolute atomic E-state index is 9.89. The van der Waals surface area contributed by atoms with E-state index in [4.69, 9.17) is 22.7 Å². The van der Waals surface area contributed by atoms with E-state index < -0.39 is 0 Å². The number of nitrogens with two attached hydrogens (primary N) is 1. The second-order valence-electron chi connectivity index (χ2n) is 9.10. The quantitative estimate of drug-likeness (QED) is 0.347. The first-order chi connectivity index (χ1) is 15.6. The number of phenolic OH excluding ortho intramolecular Hbond substituents is 2. The van der Waals surface area contributed by atoms with E-state index in [-0.39, 0.29) is 28.1 Å². The Balaban J connectivity index is 1.50. The van der Waals surface area contributed by atoms with Gasteiger partial charge in [0.05, 0.1) is 11.8 Å². The number of ether oxygens (including phenoxy) is 1. The van der Waals surface area contributed by atoms with Crippen molar-refractivity contribution in [2.45, 2.75) is 38.6 Å². The number of phenols is 2. The average molecular weight is 462 g/mol. The van der Waals surface area contributed by atoms with Gasteiger partial charge in [-0.2, -0.15) is 5.10 Å². The third-order valence-corrected chi connectivity index (χ3v) is 5.85. The molecule has 4 rings (SSSR count). The number of rotatable bonds is 4. The summed E-state index contributed by atoms with van der Waals surface area (Å²) in [4.78, 5) is 0. The lowest BCUT2D eigenvalue weighted by molar-refractivity contribution is 0.367. The minimum Gasteiger partial charge on any atom is -0.504 e. The van der Waals surface area contributed by atoms with Crippen molar-refractivity contribution in [2.24, 2.45) is 10.8 Å². The Morgan fingerprint density at radius 3 is 2.12 bits per heavy atom. The van der Waals surface area contributed by atoms with E-state index in [2.05, 4.69) is 38.0 Å². The highest BCUT2D eigenvalue weighted by atomic mass is 32.1. The summed E-state index contributed by atoms with van der Waals surface area (Å²) in [5.74, 6) is 1.14. The minimum atomic E-state index is -0.263. The van der Waals surface area contributed by atoms with Crippen molar-refractivity contribution in [1.82, 2.24) is 5.01 Å². The van der Waals surface area contributed by atoms with Gasteiger partial charge in [-0.25, -0.2) is 5.01 Å². The van der Waals surface area contributed by atoms with Gasteiger partial charge in [-0.15, -0.1) is 0 Å². The summed E-state index contributed by atoms with van der Waals surface area (Å²) in [6.45, 7) is 6.54. The summed E-state index contributed by atoms with van der Waals surface area (Å²) in [7, 11) is 0. The van der Waals surface area contributed by atoms with Crippen LogP contribution < -0.4 is 10.5 Å². The Bertz CT molecular complexity index is 1200. The number of aromatic hydroxyl groups is 2. The van der Waals surface area contributed by atoms with Crippen molar-refractivity contribution >= 4 is 23.0 Å². The molecule has 3 aromatic carbocycles. The Morgan fingerprint density at radius 1 is 0.970 bits per heavy atom. The molecule has 1 aliphatic heterocycles. The van der Waals surface area contributed by atoms with Crippen molar-refractivity contribution in [2.75, 3.05) is 0 Å². The van der Waals surface area contributed by atoms with Crippen LogP contribution in [-0.2, 0) is 5.41 Å². The van der Waals surface area contributed by atoms with E-state index in [1.807, 2.05) is 36.4 Å². The molecule has 0 amide bonds. The molecule has 170 valence electrons. The van der Waals surface area contributed by atoms with Crippen LogP contribution >= 0.6 is 12.2 Å². The molecule has 0 saturated heterocycles. The highest BCUT2D eigenvalue weighted by molar-refractivity contribution is 7.80. The Labute approximate surface area is 198 Å².